The maximum Gasteiger partial charge on any atom is 0.251 e. The summed E-state index contributed by atoms with van der Waals surface area (Å²) in [6.45, 7) is 3.32. The Bertz CT molecular complexity index is 1000. The van der Waals surface area contributed by atoms with Crippen molar-refractivity contribution in [3.05, 3.63) is 89.5 Å². The normalized spacial score (nSPS) is 11.5. The Morgan fingerprint density at radius 2 is 1.64 bits per heavy atom. The fraction of sp³-hybridized carbons (Fsp3) is 0.321. The number of nitrogens with one attached hydrogen (secondary N) is 1. The predicted octanol–water partition coefficient (Wildman–Crippen LogP) is 5.64. The summed E-state index contributed by atoms with van der Waals surface area (Å²) >= 11 is 0. The molecule has 3 aromatic carbocycles. The monoisotopic (exact) mass is 447 g/mol. The van der Waals surface area contributed by atoms with E-state index in [0.717, 1.165) is 30.6 Å². The third kappa shape index (κ3) is 7.01. The highest BCUT2D eigenvalue weighted by Crippen LogP contribution is 2.32. The van der Waals surface area contributed by atoms with Crippen molar-refractivity contribution in [2.24, 2.45) is 0 Å². The largest absolute Gasteiger partial charge is 0.494 e. The van der Waals surface area contributed by atoms with Crippen molar-refractivity contribution in [1.82, 2.24) is 5.32 Å². The second kappa shape index (κ2) is 12.5. The zero-order valence-corrected chi connectivity index (χ0v) is 19.7. The molecule has 0 saturated heterocycles. The SMILES string of the molecule is CCCCOc1ccc(C(=O)NC[C@H](Cc2ccccc2)c2ccc(OC)c(OC)c2)cc1. The van der Waals surface area contributed by atoms with E-state index >= 15 is 0 Å². The van der Waals surface area contributed by atoms with Crippen LogP contribution in [0.25, 0.3) is 0 Å². The number of methoxy groups -OCH3 is 2. The first-order valence-electron chi connectivity index (χ1n) is 11.4. The molecule has 5 nitrogen and oxygen atoms in total. The van der Waals surface area contributed by atoms with Crippen molar-refractivity contribution in [3.8, 4) is 17.2 Å². The molecule has 0 unspecified atom stereocenters. The number of unbranched alkanes of at least 4 members (excludes halogenated alkanes) is 1. The molecule has 0 radical (unpaired) electrons. The standard InChI is InChI=1S/C28H33NO4/c1-4-5-17-33-25-14-11-22(12-15-25)28(30)29-20-24(18-21-9-7-6-8-10-21)23-13-16-26(31-2)27(19-23)32-3/h6-16,19,24H,4-5,17-18,20H2,1-3H3,(H,29,30)/t24-/m0/s1. The highest BCUT2D eigenvalue weighted by atomic mass is 16.5. The molecular weight excluding hydrogens is 414 g/mol. The van der Waals surface area contributed by atoms with E-state index in [4.69, 9.17) is 14.2 Å². The van der Waals surface area contributed by atoms with E-state index < -0.39 is 0 Å². The van der Waals surface area contributed by atoms with Gasteiger partial charge < -0.3 is 19.5 Å². The van der Waals surface area contributed by atoms with Gasteiger partial charge in [0, 0.05) is 18.0 Å². The van der Waals surface area contributed by atoms with Gasteiger partial charge in [-0.2, -0.15) is 0 Å². The summed E-state index contributed by atoms with van der Waals surface area (Å²) in [4.78, 5) is 12.8. The quantitative estimate of drug-likeness (QED) is 0.365. The van der Waals surface area contributed by atoms with Crippen molar-refractivity contribution >= 4 is 5.91 Å². The average molecular weight is 448 g/mol. The average Bonchev–Trinajstić information content (AvgIpc) is 2.87. The number of hydrogen-bond donors (Lipinski definition) is 1. The van der Waals surface area contributed by atoms with Gasteiger partial charge in [-0.3, -0.25) is 4.79 Å². The minimum absolute atomic E-state index is 0.0767. The zero-order chi connectivity index (χ0) is 23.5. The molecule has 5 heteroatoms. The number of carbonyl (C=O) groups excluding carboxylic acids is 1. The first-order valence-corrected chi connectivity index (χ1v) is 11.4. The summed E-state index contributed by atoms with van der Waals surface area (Å²) < 4.78 is 16.6. The molecule has 0 aliphatic heterocycles. The third-order valence-electron chi connectivity index (χ3n) is 5.60. The van der Waals surface area contributed by atoms with Gasteiger partial charge in [0.1, 0.15) is 5.75 Å². The Balaban J connectivity index is 1.71. The predicted molar refractivity (Wildman–Crippen MR) is 132 cm³/mol. The molecule has 0 heterocycles. The Hall–Kier alpha value is -3.47. The van der Waals surface area contributed by atoms with Crippen LogP contribution in [0.15, 0.2) is 72.8 Å². The van der Waals surface area contributed by atoms with Crippen molar-refractivity contribution in [1.29, 1.82) is 0 Å². The number of hydrogen-bond acceptors (Lipinski definition) is 4. The maximum atomic E-state index is 12.8. The third-order valence-corrected chi connectivity index (χ3v) is 5.60. The first-order chi connectivity index (χ1) is 16.1. The van der Waals surface area contributed by atoms with E-state index in [1.54, 1.807) is 26.4 Å². The smallest absolute Gasteiger partial charge is 0.251 e. The summed E-state index contributed by atoms with van der Waals surface area (Å²) in [5.74, 6) is 2.12. The molecule has 0 spiro atoms. The van der Waals surface area contributed by atoms with E-state index in [2.05, 4.69) is 24.4 Å². The zero-order valence-electron chi connectivity index (χ0n) is 19.7. The fourth-order valence-electron chi connectivity index (χ4n) is 3.67. The van der Waals surface area contributed by atoms with Crippen molar-refractivity contribution in [2.75, 3.05) is 27.4 Å². The molecule has 174 valence electrons. The van der Waals surface area contributed by atoms with Crippen molar-refractivity contribution < 1.29 is 19.0 Å². The van der Waals surface area contributed by atoms with Gasteiger partial charge in [0.2, 0.25) is 0 Å². The molecule has 1 amide bonds. The van der Waals surface area contributed by atoms with Crippen LogP contribution in [0.4, 0.5) is 0 Å². The number of benzene rings is 3. The van der Waals surface area contributed by atoms with E-state index in [-0.39, 0.29) is 11.8 Å². The second-order valence-electron chi connectivity index (χ2n) is 7.94. The van der Waals surface area contributed by atoms with Crippen LogP contribution in [0.2, 0.25) is 0 Å². The highest BCUT2D eigenvalue weighted by molar-refractivity contribution is 5.94. The lowest BCUT2D eigenvalue weighted by Gasteiger charge is -2.20. The van der Waals surface area contributed by atoms with Gasteiger partial charge in [-0.15, -0.1) is 0 Å². The number of rotatable bonds is 12. The maximum absolute atomic E-state index is 12.8. The molecule has 0 aromatic heterocycles. The van der Waals surface area contributed by atoms with Crippen molar-refractivity contribution in [2.45, 2.75) is 32.1 Å². The molecule has 1 atom stereocenters. The van der Waals surface area contributed by atoms with E-state index in [1.165, 1.54) is 5.56 Å². The number of ether oxygens (including phenoxy) is 3. The molecule has 1 N–H and O–H groups in total. The molecule has 33 heavy (non-hydrogen) atoms. The van der Waals surface area contributed by atoms with Gasteiger partial charge in [-0.25, -0.2) is 0 Å². The Morgan fingerprint density at radius 1 is 0.909 bits per heavy atom. The number of carbonyl (C=O) groups is 1. The van der Waals surface area contributed by atoms with Crippen LogP contribution in [0, 0.1) is 0 Å². The molecular formula is C28H33NO4. The number of amides is 1. The molecule has 0 aliphatic rings. The first kappa shape index (κ1) is 24.2. The molecule has 3 rings (SSSR count). The van der Waals surface area contributed by atoms with Gasteiger partial charge in [-0.05, 0) is 60.4 Å². The summed E-state index contributed by atoms with van der Waals surface area (Å²) in [7, 11) is 3.25. The summed E-state index contributed by atoms with van der Waals surface area (Å²) in [6, 6.07) is 23.5. The van der Waals surface area contributed by atoms with Gasteiger partial charge in [-0.1, -0.05) is 49.7 Å². The van der Waals surface area contributed by atoms with Crippen molar-refractivity contribution in [3.63, 3.8) is 0 Å². The van der Waals surface area contributed by atoms with Crippen LogP contribution in [0.3, 0.4) is 0 Å². The molecule has 3 aromatic rings. The van der Waals surface area contributed by atoms with E-state index in [9.17, 15) is 4.79 Å². The van der Waals surface area contributed by atoms with Crippen LogP contribution in [0.5, 0.6) is 17.2 Å². The lowest BCUT2D eigenvalue weighted by molar-refractivity contribution is 0.0951. The molecule has 0 aliphatic carbocycles. The van der Waals surface area contributed by atoms with Gasteiger partial charge in [0.05, 0.1) is 20.8 Å². The topological polar surface area (TPSA) is 56.8 Å². The molecule has 0 fully saturated rings. The lowest BCUT2D eigenvalue weighted by atomic mass is 9.91. The highest BCUT2D eigenvalue weighted by Gasteiger charge is 2.17. The minimum atomic E-state index is -0.103. The van der Waals surface area contributed by atoms with E-state index in [1.807, 2.05) is 48.5 Å². The molecule has 0 saturated carbocycles. The Morgan fingerprint density at radius 3 is 2.30 bits per heavy atom. The van der Waals surface area contributed by atoms with Gasteiger partial charge in [0.15, 0.2) is 11.5 Å². The Kier molecular flexibility index (Phi) is 9.19. The van der Waals surface area contributed by atoms with Crippen LogP contribution >= 0.6 is 0 Å². The van der Waals surface area contributed by atoms with Crippen LogP contribution < -0.4 is 19.5 Å². The second-order valence-corrected chi connectivity index (χ2v) is 7.94. The summed E-state index contributed by atoms with van der Waals surface area (Å²) in [5, 5.41) is 3.10. The van der Waals surface area contributed by atoms with Gasteiger partial charge in [0.25, 0.3) is 5.91 Å². The molecule has 0 bridgehead atoms. The van der Waals surface area contributed by atoms with Crippen LogP contribution in [-0.2, 0) is 6.42 Å². The summed E-state index contributed by atoms with van der Waals surface area (Å²) in [6.07, 6.45) is 2.90. The Labute approximate surface area is 196 Å². The van der Waals surface area contributed by atoms with Gasteiger partial charge >= 0.3 is 0 Å². The minimum Gasteiger partial charge on any atom is -0.494 e. The summed E-state index contributed by atoms with van der Waals surface area (Å²) in [5.41, 5.74) is 2.90. The van der Waals surface area contributed by atoms with Crippen LogP contribution in [-0.4, -0.2) is 33.3 Å². The van der Waals surface area contributed by atoms with Crippen LogP contribution in [0.1, 0.15) is 47.2 Å². The fourth-order valence-corrected chi connectivity index (χ4v) is 3.67. The van der Waals surface area contributed by atoms with E-state index in [0.29, 0.717) is 30.2 Å². The lowest BCUT2D eigenvalue weighted by Crippen LogP contribution is -2.29.